The van der Waals surface area contributed by atoms with E-state index in [0.29, 0.717) is 5.02 Å². The molecule has 4 aromatic rings. The van der Waals surface area contributed by atoms with Crippen LogP contribution in [0.25, 0.3) is 21.6 Å². The van der Waals surface area contributed by atoms with E-state index in [9.17, 15) is 0 Å². The van der Waals surface area contributed by atoms with E-state index >= 15 is 0 Å². The zero-order valence-electron chi connectivity index (χ0n) is 15.0. The minimum Gasteiger partial charge on any atom is -0.340 e. The lowest BCUT2D eigenvalue weighted by molar-refractivity contribution is 0.700. The minimum absolute atomic E-state index is 0.712. The molecule has 6 heteroatoms. The average molecular weight is 471 g/mol. The van der Waals surface area contributed by atoms with Crippen LogP contribution in [0.1, 0.15) is 23.3 Å². The largest absolute Gasteiger partial charge is 0.340 e. The lowest BCUT2D eigenvalue weighted by Crippen LogP contribution is -2.02. The van der Waals surface area contributed by atoms with E-state index in [-0.39, 0.29) is 0 Å². The normalized spacial score (nSPS) is 13.5. The lowest BCUT2D eigenvalue weighted by Gasteiger charge is -2.13. The average Bonchev–Trinajstić information content (AvgIpc) is 3.07. The Labute approximate surface area is 180 Å². The van der Waals surface area contributed by atoms with Crippen LogP contribution in [0.2, 0.25) is 5.02 Å². The molecular weight excluding hydrogens is 454 g/mol. The number of halogens is 2. The van der Waals surface area contributed by atoms with Crippen LogP contribution in [0.3, 0.4) is 0 Å². The summed E-state index contributed by atoms with van der Waals surface area (Å²) in [7, 11) is 0. The molecule has 0 spiro atoms. The summed E-state index contributed by atoms with van der Waals surface area (Å²) < 4.78 is 1.04. The number of anilines is 2. The Morgan fingerprint density at radius 3 is 2.64 bits per heavy atom. The predicted octanol–water partition coefficient (Wildman–Crippen LogP) is 7.40. The third-order valence-electron chi connectivity index (χ3n) is 5.00. The van der Waals surface area contributed by atoms with Crippen LogP contribution in [-0.2, 0) is 12.8 Å². The number of aromatic nitrogens is 2. The van der Waals surface area contributed by atoms with E-state index in [1.807, 2.05) is 47.7 Å². The zero-order valence-corrected chi connectivity index (χ0v) is 18.2. The van der Waals surface area contributed by atoms with Crippen molar-refractivity contribution in [1.82, 2.24) is 9.97 Å². The SMILES string of the molecule is Clc1ccc(-c2nc(Nc3cccc(Br)c3)c3c4c(sc3n2)CCCC4)cc1. The van der Waals surface area contributed by atoms with Gasteiger partial charge in [0.05, 0.1) is 5.39 Å². The summed E-state index contributed by atoms with van der Waals surface area (Å²) in [5, 5.41) is 5.44. The number of fused-ring (bicyclic) bond motifs is 3. The molecule has 0 radical (unpaired) electrons. The van der Waals surface area contributed by atoms with E-state index in [2.05, 4.69) is 33.4 Å². The van der Waals surface area contributed by atoms with Crippen LogP contribution >= 0.6 is 38.9 Å². The number of rotatable bonds is 3. The van der Waals surface area contributed by atoms with Crippen molar-refractivity contribution in [1.29, 1.82) is 0 Å². The van der Waals surface area contributed by atoms with Gasteiger partial charge in [-0.2, -0.15) is 0 Å². The molecule has 0 aliphatic heterocycles. The second kappa shape index (κ2) is 7.47. The van der Waals surface area contributed by atoms with Gasteiger partial charge in [-0.25, -0.2) is 9.97 Å². The number of nitrogens with zero attached hydrogens (tertiary/aromatic N) is 2. The molecule has 0 fully saturated rings. The molecule has 28 heavy (non-hydrogen) atoms. The smallest absolute Gasteiger partial charge is 0.163 e. The number of hydrogen-bond acceptors (Lipinski definition) is 4. The third-order valence-corrected chi connectivity index (χ3v) is 6.94. The molecule has 0 saturated carbocycles. The van der Waals surface area contributed by atoms with Gasteiger partial charge in [0, 0.05) is 25.6 Å². The summed E-state index contributed by atoms with van der Waals surface area (Å²) >= 11 is 11.4. The van der Waals surface area contributed by atoms with Gasteiger partial charge in [-0.1, -0.05) is 33.6 Å². The summed E-state index contributed by atoms with van der Waals surface area (Å²) in [5.41, 5.74) is 3.40. The molecular formula is C22H17BrClN3S. The molecule has 1 N–H and O–H groups in total. The predicted molar refractivity (Wildman–Crippen MR) is 122 cm³/mol. The van der Waals surface area contributed by atoms with Crippen molar-refractivity contribution in [3.63, 3.8) is 0 Å². The second-order valence-electron chi connectivity index (χ2n) is 6.93. The van der Waals surface area contributed by atoms with Crippen LogP contribution < -0.4 is 5.32 Å². The molecule has 140 valence electrons. The van der Waals surface area contributed by atoms with Gasteiger partial charge in [-0.3, -0.25) is 0 Å². The van der Waals surface area contributed by atoms with Crippen molar-refractivity contribution in [2.75, 3.05) is 5.32 Å². The van der Waals surface area contributed by atoms with Gasteiger partial charge < -0.3 is 5.32 Å². The van der Waals surface area contributed by atoms with Crippen molar-refractivity contribution in [3.05, 3.63) is 68.5 Å². The van der Waals surface area contributed by atoms with E-state index in [1.54, 1.807) is 0 Å². The van der Waals surface area contributed by atoms with E-state index in [0.717, 1.165) is 45.0 Å². The van der Waals surface area contributed by atoms with Crippen LogP contribution in [0, 0.1) is 0 Å². The van der Waals surface area contributed by atoms with Gasteiger partial charge in [-0.15, -0.1) is 11.3 Å². The van der Waals surface area contributed by atoms with Crippen molar-refractivity contribution in [3.8, 4) is 11.4 Å². The lowest BCUT2D eigenvalue weighted by atomic mass is 9.97. The van der Waals surface area contributed by atoms with Gasteiger partial charge in [0.1, 0.15) is 10.6 Å². The van der Waals surface area contributed by atoms with Crippen molar-refractivity contribution >= 4 is 60.6 Å². The van der Waals surface area contributed by atoms with Gasteiger partial charge in [-0.05, 0) is 73.7 Å². The fourth-order valence-electron chi connectivity index (χ4n) is 3.68. The highest BCUT2D eigenvalue weighted by Gasteiger charge is 2.21. The Balaban J connectivity index is 1.70. The maximum atomic E-state index is 6.06. The Bertz CT molecular complexity index is 1170. The second-order valence-corrected chi connectivity index (χ2v) is 9.36. The summed E-state index contributed by atoms with van der Waals surface area (Å²) in [6.07, 6.45) is 4.73. The molecule has 0 saturated heterocycles. The summed E-state index contributed by atoms with van der Waals surface area (Å²) in [6, 6.07) is 15.9. The summed E-state index contributed by atoms with van der Waals surface area (Å²) in [6.45, 7) is 0. The zero-order chi connectivity index (χ0) is 19.1. The molecule has 2 heterocycles. The number of nitrogens with one attached hydrogen (secondary N) is 1. The highest BCUT2D eigenvalue weighted by Crippen LogP contribution is 2.40. The molecule has 0 atom stereocenters. The molecule has 3 nitrogen and oxygen atoms in total. The van der Waals surface area contributed by atoms with Crippen LogP contribution in [0.4, 0.5) is 11.5 Å². The Morgan fingerprint density at radius 1 is 1.00 bits per heavy atom. The van der Waals surface area contributed by atoms with Crippen LogP contribution in [0.5, 0.6) is 0 Å². The maximum absolute atomic E-state index is 6.06. The number of thiophene rings is 1. The summed E-state index contributed by atoms with van der Waals surface area (Å²) in [5.74, 6) is 1.60. The molecule has 2 aromatic carbocycles. The van der Waals surface area contributed by atoms with E-state index in [1.165, 1.54) is 28.7 Å². The Morgan fingerprint density at radius 2 is 1.82 bits per heavy atom. The monoisotopic (exact) mass is 469 g/mol. The molecule has 1 aliphatic rings. The van der Waals surface area contributed by atoms with Gasteiger partial charge in [0.25, 0.3) is 0 Å². The Hall–Kier alpha value is -1.95. The fourth-order valence-corrected chi connectivity index (χ4v) is 5.47. The molecule has 0 amide bonds. The van der Waals surface area contributed by atoms with E-state index in [4.69, 9.17) is 21.6 Å². The first-order valence-corrected chi connectivity index (χ1v) is 11.3. The first-order chi connectivity index (χ1) is 13.7. The van der Waals surface area contributed by atoms with Gasteiger partial charge in [0.15, 0.2) is 5.82 Å². The van der Waals surface area contributed by atoms with Crippen LogP contribution in [0.15, 0.2) is 53.0 Å². The molecule has 2 aromatic heterocycles. The molecule has 0 unspecified atom stereocenters. The van der Waals surface area contributed by atoms with E-state index < -0.39 is 0 Å². The quantitative estimate of drug-likeness (QED) is 0.339. The fraction of sp³-hybridized carbons (Fsp3) is 0.182. The van der Waals surface area contributed by atoms with Crippen molar-refractivity contribution in [2.24, 2.45) is 0 Å². The Kier molecular flexibility index (Phi) is 4.83. The first-order valence-electron chi connectivity index (χ1n) is 9.28. The summed E-state index contributed by atoms with van der Waals surface area (Å²) in [4.78, 5) is 12.4. The number of hydrogen-bond donors (Lipinski definition) is 1. The van der Waals surface area contributed by atoms with Crippen LogP contribution in [-0.4, -0.2) is 9.97 Å². The standard InChI is InChI=1S/C22H17BrClN3S/c23-14-4-3-5-16(12-14)25-21-19-17-6-1-2-7-18(17)28-22(19)27-20(26-21)13-8-10-15(24)11-9-13/h3-5,8-12H,1-2,6-7H2,(H,25,26,27). The minimum atomic E-state index is 0.712. The highest BCUT2D eigenvalue weighted by molar-refractivity contribution is 9.10. The molecule has 5 rings (SSSR count). The maximum Gasteiger partial charge on any atom is 0.163 e. The van der Waals surface area contributed by atoms with Crippen molar-refractivity contribution < 1.29 is 0 Å². The van der Waals surface area contributed by atoms with Crippen molar-refractivity contribution in [2.45, 2.75) is 25.7 Å². The van der Waals surface area contributed by atoms with Gasteiger partial charge >= 0.3 is 0 Å². The van der Waals surface area contributed by atoms with Gasteiger partial charge in [0.2, 0.25) is 0 Å². The highest BCUT2D eigenvalue weighted by atomic mass is 79.9. The number of aryl methyl sites for hydroxylation is 2. The molecule has 1 aliphatic carbocycles. The molecule has 0 bridgehead atoms. The third kappa shape index (κ3) is 3.43. The first kappa shape index (κ1) is 18.1. The topological polar surface area (TPSA) is 37.8 Å². The number of benzene rings is 2.